The highest BCUT2D eigenvalue weighted by atomic mass is 16.5. The Morgan fingerprint density at radius 2 is 2.19 bits per heavy atom. The summed E-state index contributed by atoms with van der Waals surface area (Å²) < 4.78 is 11.6. The summed E-state index contributed by atoms with van der Waals surface area (Å²) in [5.74, 6) is 0.809. The zero-order valence-corrected chi connectivity index (χ0v) is 10.7. The van der Waals surface area contributed by atoms with Crippen molar-refractivity contribution in [1.29, 1.82) is 0 Å². The Bertz CT molecular complexity index is 208. The molecule has 2 saturated heterocycles. The van der Waals surface area contributed by atoms with Crippen molar-refractivity contribution in [3.8, 4) is 0 Å². The van der Waals surface area contributed by atoms with Gasteiger partial charge in [0, 0.05) is 13.2 Å². The quantitative estimate of drug-likeness (QED) is 0.735. The van der Waals surface area contributed by atoms with Crippen LogP contribution in [0.2, 0.25) is 0 Å². The smallest absolute Gasteiger partial charge is 0.0755 e. The van der Waals surface area contributed by atoms with Gasteiger partial charge in [-0.05, 0) is 31.7 Å². The van der Waals surface area contributed by atoms with E-state index in [0.717, 1.165) is 32.3 Å². The maximum Gasteiger partial charge on any atom is 0.0755 e. The highest BCUT2D eigenvalue weighted by Crippen LogP contribution is 2.25. The van der Waals surface area contributed by atoms with Crippen molar-refractivity contribution in [3.05, 3.63) is 0 Å². The van der Waals surface area contributed by atoms with Crippen molar-refractivity contribution < 1.29 is 9.47 Å². The number of hydrogen-bond acceptors (Lipinski definition) is 3. The molecule has 0 aromatic carbocycles. The Labute approximate surface area is 99.1 Å². The maximum atomic E-state index is 5.94. The molecule has 94 valence electrons. The van der Waals surface area contributed by atoms with E-state index in [0.29, 0.717) is 12.1 Å². The minimum atomic E-state index is 0.399. The lowest BCUT2D eigenvalue weighted by Crippen LogP contribution is -2.53. The fraction of sp³-hybridized carbons (Fsp3) is 1.00. The van der Waals surface area contributed by atoms with E-state index in [1.807, 2.05) is 0 Å². The fourth-order valence-electron chi connectivity index (χ4n) is 2.84. The second-order valence-corrected chi connectivity index (χ2v) is 5.22. The number of hydrogen-bond donors (Lipinski definition) is 0. The number of ether oxygens (including phenoxy) is 2. The van der Waals surface area contributed by atoms with Gasteiger partial charge in [-0.25, -0.2) is 0 Å². The van der Waals surface area contributed by atoms with E-state index in [-0.39, 0.29) is 0 Å². The van der Waals surface area contributed by atoms with Gasteiger partial charge in [0.2, 0.25) is 0 Å². The summed E-state index contributed by atoms with van der Waals surface area (Å²) in [5, 5.41) is 0. The molecule has 2 aliphatic rings. The van der Waals surface area contributed by atoms with Crippen molar-refractivity contribution in [2.45, 2.75) is 45.3 Å². The Hall–Kier alpha value is -0.120. The third kappa shape index (κ3) is 2.96. The van der Waals surface area contributed by atoms with E-state index in [9.17, 15) is 0 Å². The number of rotatable bonds is 3. The molecule has 0 aromatic rings. The molecule has 0 amide bonds. The van der Waals surface area contributed by atoms with Crippen molar-refractivity contribution in [1.82, 2.24) is 4.90 Å². The van der Waals surface area contributed by atoms with Gasteiger partial charge in [0.15, 0.2) is 0 Å². The van der Waals surface area contributed by atoms with Crippen LogP contribution in [0.1, 0.15) is 33.1 Å². The predicted octanol–water partition coefficient (Wildman–Crippen LogP) is 1.91. The van der Waals surface area contributed by atoms with Gasteiger partial charge in [0.1, 0.15) is 0 Å². The lowest BCUT2D eigenvalue weighted by molar-refractivity contribution is -0.105. The van der Waals surface area contributed by atoms with Crippen LogP contribution in [-0.2, 0) is 9.47 Å². The van der Waals surface area contributed by atoms with E-state index in [4.69, 9.17) is 9.47 Å². The van der Waals surface area contributed by atoms with Crippen LogP contribution in [0.15, 0.2) is 0 Å². The SMILES string of the molecule is CCCN1CCOCC1C1CC(C)CCO1. The highest BCUT2D eigenvalue weighted by Gasteiger charge is 2.33. The molecule has 0 aromatic heterocycles. The van der Waals surface area contributed by atoms with Crippen molar-refractivity contribution in [2.24, 2.45) is 5.92 Å². The van der Waals surface area contributed by atoms with E-state index in [2.05, 4.69) is 18.7 Å². The first-order valence-corrected chi connectivity index (χ1v) is 6.74. The van der Waals surface area contributed by atoms with Gasteiger partial charge in [-0.15, -0.1) is 0 Å². The number of morpholine rings is 1. The van der Waals surface area contributed by atoms with Crippen LogP contribution in [0.25, 0.3) is 0 Å². The van der Waals surface area contributed by atoms with Gasteiger partial charge in [-0.3, -0.25) is 4.90 Å². The minimum absolute atomic E-state index is 0.399. The molecule has 0 aliphatic carbocycles. The molecule has 0 bridgehead atoms. The molecule has 2 heterocycles. The molecule has 0 radical (unpaired) electrons. The average Bonchev–Trinajstić information content (AvgIpc) is 2.30. The fourth-order valence-corrected chi connectivity index (χ4v) is 2.84. The van der Waals surface area contributed by atoms with E-state index >= 15 is 0 Å². The van der Waals surface area contributed by atoms with Crippen molar-refractivity contribution in [2.75, 3.05) is 32.9 Å². The van der Waals surface area contributed by atoms with Crippen LogP contribution < -0.4 is 0 Å². The van der Waals surface area contributed by atoms with Crippen LogP contribution in [0, 0.1) is 5.92 Å². The summed E-state index contributed by atoms with van der Waals surface area (Å²) in [7, 11) is 0. The normalized spacial score (nSPS) is 37.5. The first kappa shape index (κ1) is 12.3. The van der Waals surface area contributed by atoms with Gasteiger partial charge in [0.05, 0.1) is 25.4 Å². The Morgan fingerprint density at radius 1 is 1.31 bits per heavy atom. The van der Waals surface area contributed by atoms with Gasteiger partial charge in [-0.1, -0.05) is 13.8 Å². The second kappa shape index (κ2) is 5.99. The summed E-state index contributed by atoms with van der Waals surface area (Å²) in [4.78, 5) is 2.56. The summed E-state index contributed by atoms with van der Waals surface area (Å²) >= 11 is 0. The molecule has 2 rings (SSSR count). The summed E-state index contributed by atoms with van der Waals surface area (Å²) in [6, 6.07) is 0.497. The minimum Gasteiger partial charge on any atom is -0.378 e. The Kier molecular flexibility index (Phi) is 4.62. The summed E-state index contributed by atoms with van der Waals surface area (Å²) in [6.07, 6.45) is 4.04. The second-order valence-electron chi connectivity index (χ2n) is 5.22. The molecule has 0 spiro atoms. The largest absolute Gasteiger partial charge is 0.378 e. The topological polar surface area (TPSA) is 21.7 Å². The molecule has 3 heteroatoms. The molecular formula is C13H25NO2. The third-order valence-electron chi connectivity index (χ3n) is 3.80. The van der Waals surface area contributed by atoms with E-state index < -0.39 is 0 Å². The van der Waals surface area contributed by atoms with E-state index in [1.54, 1.807) is 0 Å². The van der Waals surface area contributed by atoms with Gasteiger partial charge in [-0.2, -0.15) is 0 Å². The zero-order chi connectivity index (χ0) is 11.4. The first-order chi connectivity index (χ1) is 7.81. The molecule has 3 atom stereocenters. The Morgan fingerprint density at radius 3 is 2.94 bits per heavy atom. The molecule has 2 aliphatic heterocycles. The average molecular weight is 227 g/mol. The van der Waals surface area contributed by atoms with Gasteiger partial charge >= 0.3 is 0 Å². The lowest BCUT2D eigenvalue weighted by Gasteiger charge is -2.42. The number of nitrogens with zero attached hydrogens (tertiary/aromatic N) is 1. The highest BCUT2D eigenvalue weighted by molar-refractivity contribution is 4.85. The van der Waals surface area contributed by atoms with Crippen LogP contribution in [0.3, 0.4) is 0 Å². The van der Waals surface area contributed by atoms with Crippen molar-refractivity contribution >= 4 is 0 Å². The zero-order valence-electron chi connectivity index (χ0n) is 10.7. The van der Waals surface area contributed by atoms with Crippen LogP contribution >= 0.6 is 0 Å². The van der Waals surface area contributed by atoms with Gasteiger partial charge < -0.3 is 9.47 Å². The molecule has 16 heavy (non-hydrogen) atoms. The summed E-state index contributed by atoms with van der Waals surface area (Å²) in [6.45, 7) is 9.52. The predicted molar refractivity (Wildman–Crippen MR) is 64.6 cm³/mol. The van der Waals surface area contributed by atoms with Crippen LogP contribution in [-0.4, -0.2) is 50.0 Å². The summed E-state index contributed by atoms with van der Waals surface area (Å²) in [5.41, 5.74) is 0. The van der Waals surface area contributed by atoms with Gasteiger partial charge in [0.25, 0.3) is 0 Å². The van der Waals surface area contributed by atoms with Crippen molar-refractivity contribution in [3.63, 3.8) is 0 Å². The standard InChI is InChI=1S/C13H25NO2/c1-3-5-14-6-8-15-10-12(14)13-9-11(2)4-7-16-13/h11-13H,3-10H2,1-2H3. The molecule has 0 N–H and O–H groups in total. The van der Waals surface area contributed by atoms with Crippen LogP contribution in [0.5, 0.6) is 0 Å². The molecule has 0 saturated carbocycles. The molecule has 2 fully saturated rings. The Balaban J connectivity index is 1.93. The molecule has 3 unspecified atom stereocenters. The maximum absolute atomic E-state index is 5.94. The van der Waals surface area contributed by atoms with Crippen LogP contribution in [0.4, 0.5) is 0 Å². The first-order valence-electron chi connectivity index (χ1n) is 6.74. The van der Waals surface area contributed by atoms with E-state index in [1.165, 1.54) is 25.8 Å². The molecule has 3 nitrogen and oxygen atoms in total. The monoisotopic (exact) mass is 227 g/mol. The molecular weight excluding hydrogens is 202 g/mol. The lowest BCUT2D eigenvalue weighted by atomic mass is 9.92. The third-order valence-corrected chi connectivity index (χ3v) is 3.80.